The van der Waals surface area contributed by atoms with Crippen LogP contribution < -0.4 is 4.74 Å². The first-order chi connectivity index (χ1) is 7.09. The smallest absolute Gasteiger partial charge is 0.122 e. The second-order valence-corrected chi connectivity index (χ2v) is 4.89. The second-order valence-electron chi connectivity index (χ2n) is 4.57. The van der Waals surface area contributed by atoms with Crippen molar-refractivity contribution >= 4 is 12.6 Å². The number of benzene rings is 1. The Morgan fingerprint density at radius 1 is 1.27 bits per heavy atom. The van der Waals surface area contributed by atoms with Crippen LogP contribution in [0.25, 0.3) is 0 Å². The van der Waals surface area contributed by atoms with Crippen molar-refractivity contribution in [2.45, 2.75) is 27.2 Å². The second kappa shape index (κ2) is 5.45. The summed E-state index contributed by atoms with van der Waals surface area (Å²) in [5.74, 6) is 1.84. The van der Waals surface area contributed by atoms with Crippen LogP contribution in [0.1, 0.15) is 26.3 Å². The predicted molar refractivity (Wildman–Crippen MR) is 68.9 cm³/mol. The minimum Gasteiger partial charge on any atom is -0.493 e. The van der Waals surface area contributed by atoms with E-state index in [1.54, 1.807) is 0 Å². The molecule has 0 fully saturated rings. The summed E-state index contributed by atoms with van der Waals surface area (Å²) in [6.07, 6.45) is 1.01. The summed E-state index contributed by atoms with van der Waals surface area (Å²) >= 11 is 4.32. The number of para-hydroxylation sites is 1. The molecule has 0 aliphatic rings. The van der Waals surface area contributed by atoms with Crippen molar-refractivity contribution in [3.05, 3.63) is 29.8 Å². The molecule has 0 radical (unpaired) electrons. The van der Waals surface area contributed by atoms with Crippen molar-refractivity contribution in [3.63, 3.8) is 0 Å². The standard InChI is InChI=1S/C13H20OS/c1-4-11-7-5-6-8-12(11)14-9-13(2,3)10-15/h5-8,15H,4,9-10H2,1-3H3. The molecule has 15 heavy (non-hydrogen) atoms. The molecule has 0 aliphatic heterocycles. The molecule has 1 rings (SSSR count). The lowest BCUT2D eigenvalue weighted by Crippen LogP contribution is -2.23. The van der Waals surface area contributed by atoms with Gasteiger partial charge in [-0.2, -0.15) is 12.6 Å². The summed E-state index contributed by atoms with van der Waals surface area (Å²) in [6, 6.07) is 8.22. The molecule has 0 bridgehead atoms. The normalized spacial score (nSPS) is 11.5. The minimum absolute atomic E-state index is 0.129. The van der Waals surface area contributed by atoms with Crippen LogP contribution in [0.4, 0.5) is 0 Å². The Balaban J connectivity index is 2.65. The molecule has 1 aromatic rings. The van der Waals surface area contributed by atoms with Gasteiger partial charge in [0, 0.05) is 5.41 Å². The van der Waals surface area contributed by atoms with E-state index in [1.807, 2.05) is 12.1 Å². The van der Waals surface area contributed by atoms with Gasteiger partial charge < -0.3 is 4.74 Å². The molecule has 0 N–H and O–H groups in total. The van der Waals surface area contributed by atoms with Crippen molar-refractivity contribution in [1.82, 2.24) is 0 Å². The Hall–Kier alpha value is -0.630. The molecule has 1 nitrogen and oxygen atoms in total. The van der Waals surface area contributed by atoms with E-state index in [1.165, 1.54) is 5.56 Å². The lowest BCUT2D eigenvalue weighted by molar-refractivity contribution is 0.201. The zero-order valence-corrected chi connectivity index (χ0v) is 10.7. The lowest BCUT2D eigenvalue weighted by atomic mass is 9.98. The molecule has 2 heteroatoms. The summed E-state index contributed by atoms with van der Waals surface area (Å²) in [6.45, 7) is 7.18. The molecule has 0 aliphatic carbocycles. The predicted octanol–water partition coefficient (Wildman–Crippen LogP) is 3.58. The summed E-state index contributed by atoms with van der Waals surface area (Å²) in [4.78, 5) is 0. The topological polar surface area (TPSA) is 9.23 Å². The van der Waals surface area contributed by atoms with Gasteiger partial charge in [0.05, 0.1) is 6.61 Å². The van der Waals surface area contributed by atoms with Gasteiger partial charge in [-0.05, 0) is 23.8 Å². The fourth-order valence-electron chi connectivity index (χ4n) is 1.26. The number of rotatable bonds is 5. The number of thiol groups is 1. The molecule has 0 saturated carbocycles. The van der Waals surface area contributed by atoms with Crippen molar-refractivity contribution < 1.29 is 4.74 Å². The van der Waals surface area contributed by atoms with Gasteiger partial charge >= 0.3 is 0 Å². The monoisotopic (exact) mass is 224 g/mol. The van der Waals surface area contributed by atoms with Crippen molar-refractivity contribution in [1.29, 1.82) is 0 Å². The molecular formula is C13H20OS. The summed E-state index contributed by atoms with van der Waals surface area (Å²) < 4.78 is 5.83. The molecule has 0 saturated heterocycles. The highest BCUT2D eigenvalue weighted by molar-refractivity contribution is 7.80. The van der Waals surface area contributed by atoms with Gasteiger partial charge in [0.2, 0.25) is 0 Å². The zero-order valence-electron chi connectivity index (χ0n) is 9.79. The highest BCUT2D eigenvalue weighted by Gasteiger charge is 2.17. The fraction of sp³-hybridized carbons (Fsp3) is 0.538. The van der Waals surface area contributed by atoms with Gasteiger partial charge in [0.25, 0.3) is 0 Å². The highest BCUT2D eigenvalue weighted by atomic mass is 32.1. The van der Waals surface area contributed by atoms with Crippen molar-refractivity contribution in [2.75, 3.05) is 12.4 Å². The molecule has 84 valence electrons. The van der Waals surface area contributed by atoms with E-state index < -0.39 is 0 Å². The van der Waals surface area contributed by atoms with Crippen LogP contribution >= 0.6 is 12.6 Å². The molecule has 0 spiro atoms. The summed E-state index contributed by atoms with van der Waals surface area (Å²) in [7, 11) is 0. The number of hydrogen-bond acceptors (Lipinski definition) is 2. The first-order valence-corrected chi connectivity index (χ1v) is 6.04. The van der Waals surface area contributed by atoms with Gasteiger partial charge in [-0.15, -0.1) is 0 Å². The van der Waals surface area contributed by atoms with E-state index in [0.717, 1.165) is 17.9 Å². The first-order valence-electron chi connectivity index (χ1n) is 5.40. The third-order valence-corrected chi connectivity index (χ3v) is 3.26. The Morgan fingerprint density at radius 2 is 1.93 bits per heavy atom. The quantitative estimate of drug-likeness (QED) is 0.752. The van der Waals surface area contributed by atoms with Crippen molar-refractivity contribution in [2.24, 2.45) is 5.41 Å². The largest absolute Gasteiger partial charge is 0.493 e. The Morgan fingerprint density at radius 3 is 2.53 bits per heavy atom. The first kappa shape index (κ1) is 12.4. The molecule has 0 aromatic heterocycles. The third-order valence-electron chi connectivity index (χ3n) is 2.40. The molecular weight excluding hydrogens is 204 g/mol. The lowest BCUT2D eigenvalue weighted by Gasteiger charge is -2.23. The van der Waals surface area contributed by atoms with Crippen LogP contribution in [0.2, 0.25) is 0 Å². The van der Waals surface area contributed by atoms with E-state index in [2.05, 4.69) is 45.5 Å². The average molecular weight is 224 g/mol. The highest BCUT2D eigenvalue weighted by Crippen LogP contribution is 2.23. The van der Waals surface area contributed by atoms with Crippen LogP contribution in [0.3, 0.4) is 0 Å². The van der Waals surface area contributed by atoms with Gasteiger partial charge in [0.1, 0.15) is 5.75 Å². The van der Waals surface area contributed by atoms with Gasteiger partial charge in [-0.1, -0.05) is 39.0 Å². The van der Waals surface area contributed by atoms with Gasteiger partial charge in [0.15, 0.2) is 0 Å². The van der Waals surface area contributed by atoms with E-state index in [-0.39, 0.29) is 5.41 Å². The van der Waals surface area contributed by atoms with Crippen LogP contribution in [-0.4, -0.2) is 12.4 Å². The average Bonchev–Trinajstić information content (AvgIpc) is 2.27. The Kier molecular flexibility index (Phi) is 4.52. The van der Waals surface area contributed by atoms with Crippen LogP contribution in [0.5, 0.6) is 5.75 Å². The Labute approximate surface area is 98.3 Å². The fourth-order valence-corrected chi connectivity index (χ4v) is 1.35. The summed E-state index contributed by atoms with van der Waals surface area (Å²) in [5, 5.41) is 0. The van der Waals surface area contributed by atoms with E-state index in [4.69, 9.17) is 4.74 Å². The zero-order chi connectivity index (χ0) is 11.3. The number of hydrogen-bond donors (Lipinski definition) is 1. The number of aryl methyl sites for hydroxylation is 1. The van der Waals surface area contributed by atoms with Crippen LogP contribution in [0.15, 0.2) is 24.3 Å². The van der Waals surface area contributed by atoms with E-state index in [9.17, 15) is 0 Å². The molecule has 0 atom stereocenters. The summed E-state index contributed by atoms with van der Waals surface area (Å²) in [5.41, 5.74) is 1.40. The molecule has 0 unspecified atom stereocenters. The minimum atomic E-state index is 0.129. The van der Waals surface area contributed by atoms with Crippen LogP contribution in [-0.2, 0) is 6.42 Å². The maximum Gasteiger partial charge on any atom is 0.122 e. The van der Waals surface area contributed by atoms with Crippen molar-refractivity contribution in [3.8, 4) is 5.75 Å². The third kappa shape index (κ3) is 3.78. The Bertz CT molecular complexity index is 307. The maximum atomic E-state index is 5.83. The molecule has 1 aromatic carbocycles. The van der Waals surface area contributed by atoms with Gasteiger partial charge in [-0.3, -0.25) is 0 Å². The SMILES string of the molecule is CCc1ccccc1OCC(C)(C)CS. The molecule has 0 heterocycles. The van der Waals surface area contributed by atoms with E-state index >= 15 is 0 Å². The number of ether oxygens (including phenoxy) is 1. The van der Waals surface area contributed by atoms with Gasteiger partial charge in [-0.25, -0.2) is 0 Å². The molecule has 0 amide bonds. The maximum absolute atomic E-state index is 5.83. The van der Waals surface area contributed by atoms with E-state index in [0.29, 0.717) is 6.61 Å². The van der Waals surface area contributed by atoms with Crippen LogP contribution in [0, 0.1) is 5.41 Å².